The summed E-state index contributed by atoms with van der Waals surface area (Å²) in [5.41, 5.74) is 8.33. The fraction of sp³-hybridized carbons (Fsp3) is 0.267. The molecule has 20 heavy (non-hydrogen) atoms. The number of nitrogen functional groups attached to an aromatic ring is 1. The molecule has 0 saturated heterocycles. The molecule has 5 nitrogen and oxygen atoms in total. The van der Waals surface area contributed by atoms with Gasteiger partial charge < -0.3 is 10.7 Å². The Hall–Kier alpha value is -2.43. The monoisotopic (exact) mass is 267 g/mol. The minimum Gasteiger partial charge on any atom is -0.382 e. The van der Waals surface area contributed by atoms with Crippen LogP contribution in [0.1, 0.15) is 25.6 Å². The zero-order chi connectivity index (χ0) is 13.9. The minimum absolute atomic E-state index is 0.448. The quantitative estimate of drug-likeness (QED) is 0.761. The van der Waals surface area contributed by atoms with Gasteiger partial charge in [-0.1, -0.05) is 43.7 Å². The average molecular weight is 267 g/mol. The highest BCUT2D eigenvalue weighted by atomic mass is 15.1. The van der Waals surface area contributed by atoms with Gasteiger partial charge in [-0.05, 0) is 6.42 Å². The number of nitrogens with one attached hydrogen (secondary N) is 1. The normalized spacial score (nSPS) is 11.1. The van der Waals surface area contributed by atoms with Crippen LogP contribution in [0.25, 0.3) is 22.6 Å². The highest BCUT2D eigenvalue weighted by Crippen LogP contribution is 2.21. The van der Waals surface area contributed by atoms with Gasteiger partial charge in [-0.15, -0.1) is 0 Å². The predicted octanol–water partition coefficient (Wildman–Crippen LogP) is 2.94. The maximum atomic E-state index is 6.01. The number of aromatic amines is 1. The van der Waals surface area contributed by atoms with E-state index >= 15 is 0 Å². The van der Waals surface area contributed by atoms with Crippen LogP contribution in [0.2, 0.25) is 0 Å². The molecule has 5 heteroatoms. The van der Waals surface area contributed by atoms with Gasteiger partial charge in [0.1, 0.15) is 11.3 Å². The van der Waals surface area contributed by atoms with Crippen LogP contribution in [0, 0.1) is 0 Å². The predicted molar refractivity (Wildman–Crippen MR) is 80.1 cm³/mol. The lowest BCUT2D eigenvalue weighted by atomic mass is 10.2. The van der Waals surface area contributed by atoms with Crippen LogP contribution in [-0.4, -0.2) is 19.9 Å². The molecule has 2 aromatic heterocycles. The zero-order valence-electron chi connectivity index (χ0n) is 11.4. The van der Waals surface area contributed by atoms with Crippen LogP contribution < -0.4 is 5.73 Å². The standard InChI is InChI=1S/C15H17N5/c1-2-3-9-11-17-12-13(16)19-14(20-15(12)18-11)10-7-5-4-6-8-10/h4-8H,2-3,9H2,1H3,(H3,16,17,18,19,20). The van der Waals surface area contributed by atoms with Crippen molar-refractivity contribution >= 4 is 17.0 Å². The van der Waals surface area contributed by atoms with Crippen LogP contribution in [0.4, 0.5) is 5.82 Å². The minimum atomic E-state index is 0.448. The van der Waals surface area contributed by atoms with Crippen LogP contribution in [0.5, 0.6) is 0 Å². The Morgan fingerprint density at radius 1 is 1.10 bits per heavy atom. The van der Waals surface area contributed by atoms with E-state index in [1.165, 1.54) is 0 Å². The number of nitrogens with zero attached hydrogens (tertiary/aromatic N) is 3. The molecule has 0 aliphatic heterocycles. The Morgan fingerprint density at radius 3 is 2.65 bits per heavy atom. The first-order valence-corrected chi connectivity index (χ1v) is 6.85. The van der Waals surface area contributed by atoms with E-state index in [0.29, 0.717) is 17.3 Å². The van der Waals surface area contributed by atoms with Crippen molar-refractivity contribution in [3.63, 3.8) is 0 Å². The van der Waals surface area contributed by atoms with E-state index in [-0.39, 0.29) is 0 Å². The largest absolute Gasteiger partial charge is 0.382 e. The molecule has 3 N–H and O–H groups in total. The molecule has 0 spiro atoms. The summed E-state index contributed by atoms with van der Waals surface area (Å²) in [4.78, 5) is 16.6. The van der Waals surface area contributed by atoms with Crippen molar-refractivity contribution in [1.82, 2.24) is 19.9 Å². The fourth-order valence-electron chi connectivity index (χ4n) is 2.15. The van der Waals surface area contributed by atoms with Gasteiger partial charge in [0, 0.05) is 12.0 Å². The summed E-state index contributed by atoms with van der Waals surface area (Å²) < 4.78 is 0. The molecule has 0 amide bonds. The van der Waals surface area contributed by atoms with Gasteiger partial charge >= 0.3 is 0 Å². The number of benzene rings is 1. The van der Waals surface area contributed by atoms with Crippen molar-refractivity contribution in [2.24, 2.45) is 0 Å². The molecule has 102 valence electrons. The van der Waals surface area contributed by atoms with Gasteiger partial charge in [-0.3, -0.25) is 0 Å². The number of unbranched alkanes of at least 4 members (excludes halogenated alkanes) is 1. The fourth-order valence-corrected chi connectivity index (χ4v) is 2.15. The maximum Gasteiger partial charge on any atom is 0.183 e. The molecule has 3 aromatic rings. The van der Waals surface area contributed by atoms with E-state index in [1.807, 2.05) is 30.3 Å². The van der Waals surface area contributed by atoms with Crippen LogP contribution in [-0.2, 0) is 6.42 Å². The van der Waals surface area contributed by atoms with Gasteiger partial charge in [0.05, 0.1) is 0 Å². The molecule has 3 rings (SSSR count). The Kier molecular flexibility index (Phi) is 3.33. The molecule has 0 atom stereocenters. The SMILES string of the molecule is CCCCc1nc2nc(-c3ccccc3)nc(N)c2[nH]1. The van der Waals surface area contributed by atoms with Crippen molar-refractivity contribution in [3.8, 4) is 11.4 Å². The van der Waals surface area contributed by atoms with E-state index < -0.39 is 0 Å². The lowest BCUT2D eigenvalue weighted by Crippen LogP contribution is -1.97. The van der Waals surface area contributed by atoms with Crippen molar-refractivity contribution in [2.45, 2.75) is 26.2 Å². The first kappa shape index (κ1) is 12.6. The second kappa shape index (κ2) is 5.28. The summed E-state index contributed by atoms with van der Waals surface area (Å²) in [6, 6.07) is 9.80. The van der Waals surface area contributed by atoms with E-state index in [1.54, 1.807) is 0 Å². The van der Waals surface area contributed by atoms with Gasteiger partial charge in [0.15, 0.2) is 17.3 Å². The molecule has 0 fully saturated rings. The van der Waals surface area contributed by atoms with E-state index in [9.17, 15) is 0 Å². The van der Waals surface area contributed by atoms with Crippen molar-refractivity contribution in [3.05, 3.63) is 36.2 Å². The number of aryl methyl sites for hydroxylation is 1. The summed E-state index contributed by atoms with van der Waals surface area (Å²) in [6.07, 6.45) is 3.14. The number of H-pyrrole nitrogens is 1. The number of anilines is 1. The Bertz CT molecular complexity index is 718. The molecular weight excluding hydrogens is 250 g/mol. The third-order valence-electron chi connectivity index (χ3n) is 3.23. The summed E-state index contributed by atoms with van der Waals surface area (Å²) in [6.45, 7) is 2.16. The molecule has 2 heterocycles. The molecule has 0 aliphatic carbocycles. The number of nitrogens with two attached hydrogens (primary N) is 1. The second-order valence-electron chi connectivity index (χ2n) is 4.78. The number of imidazole rings is 1. The molecule has 0 saturated carbocycles. The van der Waals surface area contributed by atoms with Crippen LogP contribution in [0.15, 0.2) is 30.3 Å². The summed E-state index contributed by atoms with van der Waals surface area (Å²) in [5, 5.41) is 0. The first-order valence-electron chi connectivity index (χ1n) is 6.85. The smallest absolute Gasteiger partial charge is 0.183 e. The molecule has 1 aromatic carbocycles. The Labute approximate surface area is 117 Å². The number of hydrogen-bond donors (Lipinski definition) is 2. The lowest BCUT2D eigenvalue weighted by molar-refractivity contribution is 0.764. The number of hydrogen-bond acceptors (Lipinski definition) is 4. The summed E-state index contributed by atoms with van der Waals surface area (Å²) >= 11 is 0. The van der Waals surface area contributed by atoms with Gasteiger partial charge in [0.2, 0.25) is 0 Å². The number of aromatic nitrogens is 4. The second-order valence-corrected chi connectivity index (χ2v) is 4.78. The highest BCUT2D eigenvalue weighted by Gasteiger charge is 2.11. The average Bonchev–Trinajstić information content (AvgIpc) is 2.89. The Morgan fingerprint density at radius 2 is 1.90 bits per heavy atom. The summed E-state index contributed by atoms with van der Waals surface area (Å²) in [5.74, 6) is 1.99. The molecule has 0 bridgehead atoms. The van der Waals surface area contributed by atoms with Crippen molar-refractivity contribution in [1.29, 1.82) is 0 Å². The Balaban J connectivity index is 2.05. The van der Waals surface area contributed by atoms with E-state index in [2.05, 4.69) is 26.9 Å². The number of rotatable bonds is 4. The maximum absolute atomic E-state index is 6.01. The van der Waals surface area contributed by atoms with Crippen LogP contribution in [0.3, 0.4) is 0 Å². The van der Waals surface area contributed by atoms with Crippen molar-refractivity contribution < 1.29 is 0 Å². The lowest BCUT2D eigenvalue weighted by Gasteiger charge is -2.01. The van der Waals surface area contributed by atoms with Gasteiger partial charge in [-0.25, -0.2) is 15.0 Å². The topological polar surface area (TPSA) is 80.5 Å². The molecule has 0 radical (unpaired) electrons. The molecule has 0 aliphatic rings. The van der Waals surface area contributed by atoms with Gasteiger partial charge in [-0.2, -0.15) is 0 Å². The third kappa shape index (κ3) is 2.34. The highest BCUT2D eigenvalue weighted by molar-refractivity contribution is 5.83. The third-order valence-corrected chi connectivity index (χ3v) is 3.23. The van der Waals surface area contributed by atoms with Gasteiger partial charge in [0.25, 0.3) is 0 Å². The molecular formula is C15H17N5. The van der Waals surface area contributed by atoms with Crippen LogP contribution >= 0.6 is 0 Å². The van der Waals surface area contributed by atoms with Crippen molar-refractivity contribution in [2.75, 3.05) is 5.73 Å². The number of fused-ring (bicyclic) bond motifs is 1. The first-order chi connectivity index (χ1) is 9.78. The summed E-state index contributed by atoms with van der Waals surface area (Å²) in [7, 11) is 0. The van der Waals surface area contributed by atoms with E-state index in [0.717, 1.165) is 36.2 Å². The van der Waals surface area contributed by atoms with E-state index in [4.69, 9.17) is 5.73 Å². The zero-order valence-corrected chi connectivity index (χ0v) is 11.4. The molecule has 0 unspecified atom stereocenters.